The van der Waals surface area contributed by atoms with E-state index in [2.05, 4.69) is 49.3 Å². The molecule has 1 aromatic heterocycles. The molecule has 6 heteroatoms. The van der Waals surface area contributed by atoms with Gasteiger partial charge in [0.05, 0.1) is 19.9 Å². The number of hydrogen-bond donors (Lipinski definition) is 1. The minimum absolute atomic E-state index is 0.487. The molecule has 0 aliphatic rings. The third-order valence-corrected chi connectivity index (χ3v) is 5.45. The fourth-order valence-electron chi connectivity index (χ4n) is 3.22. The van der Waals surface area contributed by atoms with E-state index in [1.807, 2.05) is 23.6 Å². The summed E-state index contributed by atoms with van der Waals surface area (Å²) in [5.74, 6) is 1.31. The highest BCUT2D eigenvalue weighted by molar-refractivity contribution is 7.11. The number of benzene rings is 2. The molecule has 0 aliphatic heterocycles. The van der Waals surface area contributed by atoms with Gasteiger partial charge in [-0.15, -0.1) is 11.3 Å². The number of nitrogens with zero attached hydrogens (tertiary/aromatic N) is 2. The molecular weight excluding hydrogens is 382 g/mol. The maximum absolute atomic E-state index is 9.64. The van der Waals surface area contributed by atoms with Crippen molar-refractivity contribution in [3.8, 4) is 28.8 Å². The molecule has 29 heavy (non-hydrogen) atoms. The Morgan fingerprint density at radius 1 is 1.07 bits per heavy atom. The maximum atomic E-state index is 9.64. The fraction of sp³-hybridized carbons (Fsp3) is 0.217. The molecule has 1 N–H and O–H groups in total. The van der Waals surface area contributed by atoms with Gasteiger partial charge in [-0.3, -0.25) is 0 Å². The maximum Gasteiger partial charge on any atom is 0.161 e. The molecule has 3 aromatic rings. The van der Waals surface area contributed by atoms with Crippen molar-refractivity contribution in [2.45, 2.75) is 20.8 Å². The van der Waals surface area contributed by atoms with Gasteiger partial charge in [-0.25, -0.2) is 4.98 Å². The topological polar surface area (TPSA) is 67.2 Å². The van der Waals surface area contributed by atoms with Gasteiger partial charge in [-0.1, -0.05) is 17.7 Å². The average molecular weight is 406 g/mol. The lowest BCUT2D eigenvalue weighted by Crippen LogP contribution is -1.97. The molecule has 0 bridgehead atoms. The fourth-order valence-corrected chi connectivity index (χ4v) is 4.01. The molecule has 0 saturated carbocycles. The molecule has 148 valence electrons. The monoisotopic (exact) mass is 405 g/mol. The Morgan fingerprint density at radius 2 is 1.76 bits per heavy atom. The number of methoxy groups -OCH3 is 2. The molecule has 0 atom stereocenters. The molecule has 5 nitrogen and oxygen atoms in total. The SMILES string of the molecule is COc1ccc(-c2csc(/C(C#N)=C/Nc3c(C)cc(C)cc3C)n2)cc1OC. The molecule has 0 unspecified atom stereocenters. The van der Waals surface area contributed by atoms with Crippen LogP contribution in [0.25, 0.3) is 16.8 Å². The van der Waals surface area contributed by atoms with Gasteiger partial charge in [0.25, 0.3) is 0 Å². The van der Waals surface area contributed by atoms with E-state index in [4.69, 9.17) is 9.47 Å². The van der Waals surface area contributed by atoms with Gasteiger partial charge in [0.15, 0.2) is 11.5 Å². The van der Waals surface area contributed by atoms with Crippen molar-refractivity contribution in [3.05, 3.63) is 63.6 Å². The summed E-state index contributed by atoms with van der Waals surface area (Å²) in [6, 6.07) is 12.1. The van der Waals surface area contributed by atoms with Crippen molar-refractivity contribution in [1.82, 2.24) is 4.98 Å². The van der Waals surface area contributed by atoms with Crippen LogP contribution < -0.4 is 14.8 Å². The molecule has 3 rings (SSSR count). The predicted octanol–water partition coefficient (Wildman–Crippen LogP) is 5.73. The third-order valence-electron chi connectivity index (χ3n) is 4.57. The smallest absolute Gasteiger partial charge is 0.161 e. The molecule has 0 fully saturated rings. The summed E-state index contributed by atoms with van der Waals surface area (Å²) >= 11 is 1.43. The number of allylic oxidation sites excluding steroid dienone is 1. The molecule has 0 radical (unpaired) electrons. The second-order valence-electron chi connectivity index (χ2n) is 6.70. The van der Waals surface area contributed by atoms with E-state index in [1.54, 1.807) is 20.4 Å². The lowest BCUT2D eigenvalue weighted by Gasteiger charge is -2.11. The average Bonchev–Trinajstić information content (AvgIpc) is 3.19. The summed E-state index contributed by atoms with van der Waals surface area (Å²) < 4.78 is 10.7. The van der Waals surface area contributed by atoms with Gasteiger partial charge < -0.3 is 14.8 Å². The standard InChI is InChI=1S/C23H23N3O2S/c1-14-8-15(2)22(16(3)9-14)25-12-18(11-24)23-26-19(13-29-23)17-6-7-20(27-4)21(10-17)28-5/h6-10,12-13,25H,1-5H3/b18-12+. The van der Waals surface area contributed by atoms with E-state index in [1.165, 1.54) is 16.9 Å². The molecule has 0 spiro atoms. The number of ether oxygens (including phenoxy) is 2. The van der Waals surface area contributed by atoms with E-state index in [-0.39, 0.29) is 0 Å². The second-order valence-corrected chi connectivity index (χ2v) is 7.55. The first-order chi connectivity index (χ1) is 14.0. The zero-order valence-corrected chi connectivity index (χ0v) is 18.0. The summed E-state index contributed by atoms with van der Waals surface area (Å²) in [7, 11) is 3.21. The van der Waals surface area contributed by atoms with E-state index in [0.29, 0.717) is 22.1 Å². The zero-order chi connectivity index (χ0) is 21.0. The highest BCUT2D eigenvalue weighted by Crippen LogP contribution is 2.33. The van der Waals surface area contributed by atoms with Gasteiger partial charge in [-0.2, -0.15) is 5.26 Å². The molecule has 2 aromatic carbocycles. The Labute approximate surface area is 175 Å². The van der Waals surface area contributed by atoms with Crippen LogP contribution in [0.5, 0.6) is 11.5 Å². The summed E-state index contributed by atoms with van der Waals surface area (Å²) in [6.07, 6.45) is 1.72. The number of nitrogens with one attached hydrogen (secondary N) is 1. The zero-order valence-electron chi connectivity index (χ0n) is 17.2. The Morgan fingerprint density at radius 3 is 2.38 bits per heavy atom. The van der Waals surface area contributed by atoms with Crippen LogP contribution in [0.15, 0.2) is 41.9 Å². The highest BCUT2D eigenvalue weighted by atomic mass is 32.1. The number of aryl methyl sites for hydroxylation is 3. The van der Waals surface area contributed by atoms with Gasteiger partial charge in [0.2, 0.25) is 0 Å². The number of hydrogen-bond acceptors (Lipinski definition) is 6. The first kappa shape index (κ1) is 20.4. The van der Waals surface area contributed by atoms with Crippen molar-refractivity contribution in [2.75, 3.05) is 19.5 Å². The van der Waals surface area contributed by atoms with E-state index in [0.717, 1.165) is 28.1 Å². The Bertz CT molecular complexity index is 1090. The predicted molar refractivity (Wildman–Crippen MR) is 119 cm³/mol. The van der Waals surface area contributed by atoms with Crippen LogP contribution in [0.2, 0.25) is 0 Å². The number of nitriles is 1. The van der Waals surface area contributed by atoms with Crippen LogP contribution in [0.1, 0.15) is 21.7 Å². The van der Waals surface area contributed by atoms with Gasteiger partial charge in [0, 0.05) is 22.8 Å². The van der Waals surface area contributed by atoms with Gasteiger partial charge in [-0.05, 0) is 50.1 Å². The van der Waals surface area contributed by atoms with Crippen molar-refractivity contribution in [2.24, 2.45) is 0 Å². The molecule has 1 heterocycles. The number of aromatic nitrogens is 1. The summed E-state index contributed by atoms with van der Waals surface area (Å²) in [5.41, 5.74) is 6.69. The van der Waals surface area contributed by atoms with Crippen LogP contribution >= 0.6 is 11.3 Å². The summed E-state index contributed by atoms with van der Waals surface area (Å²) in [4.78, 5) is 4.65. The third kappa shape index (κ3) is 4.41. The number of rotatable bonds is 6. The highest BCUT2D eigenvalue weighted by Gasteiger charge is 2.12. The molecular formula is C23H23N3O2S. The van der Waals surface area contributed by atoms with Crippen LogP contribution in [-0.4, -0.2) is 19.2 Å². The normalized spacial score (nSPS) is 11.1. The number of thiazole rings is 1. The second kappa shape index (κ2) is 8.80. The Balaban J connectivity index is 1.89. The Hall–Kier alpha value is -3.30. The molecule has 0 saturated heterocycles. The summed E-state index contributed by atoms with van der Waals surface area (Å²) in [5, 5.41) is 15.5. The molecule has 0 amide bonds. The number of anilines is 1. The minimum atomic E-state index is 0.487. The van der Waals surface area contributed by atoms with E-state index in [9.17, 15) is 5.26 Å². The largest absolute Gasteiger partial charge is 0.493 e. The van der Waals surface area contributed by atoms with Crippen molar-refractivity contribution in [3.63, 3.8) is 0 Å². The quantitative estimate of drug-likeness (QED) is 0.531. The lowest BCUT2D eigenvalue weighted by molar-refractivity contribution is 0.355. The first-order valence-corrected chi connectivity index (χ1v) is 9.97. The van der Waals surface area contributed by atoms with Crippen LogP contribution in [0, 0.1) is 32.1 Å². The van der Waals surface area contributed by atoms with Crippen molar-refractivity contribution >= 4 is 22.6 Å². The summed E-state index contributed by atoms with van der Waals surface area (Å²) in [6.45, 7) is 6.19. The van der Waals surface area contributed by atoms with Crippen LogP contribution in [-0.2, 0) is 0 Å². The minimum Gasteiger partial charge on any atom is -0.493 e. The lowest BCUT2D eigenvalue weighted by atomic mass is 10.1. The first-order valence-electron chi connectivity index (χ1n) is 9.09. The van der Waals surface area contributed by atoms with Crippen LogP contribution in [0.4, 0.5) is 5.69 Å². The van der Waals surface area contributed by atoms with Crippen LogP contribution in [0.3, 0.4) is 0 Å². The van der Waals surface area contributed by atoms with E-state index < -0.39 is 0 Å². The van der Waals surface area contributed by atoms with Crippen molar-refractivity contribution < 1.29 is 9.47 Å². The molecule has 0 aliphatic carbocycles. The van der Waals surface area contributed by atoms with E-state index >= 15 is 0 Å². The van der Waals surface area contributed by atoms with Crippen molar-refractivity contribution in [1.29, 1.82) is 5.26 Å². The van der Waals surface area contributed by atoms with Gasteiger partial charge >= 0.3 is 0 Å². The van der Waals surface area contributed by atoms with Gasteiger partial charge in [0.1, 0.15) is 16.6 Å². The Kier molecular flexibility index (Phi) is 6.20.